The fraction of sp³-hybridized carbons (Fsp3) is 0.231. The highest BCUT2D eigenvalue weighted by Crippen LogP contribution is 2.27. The average molecular weight is 485 g/mol. The highest BCUT2D eigenvalue weighted by molar-refractivity contribution is 7.08. The number of unbranched alkanes of at least 4 members (excludes halogenated alkanes) is 3. The molecule has 8 heteroatoms. The predicted octanol–water partition coefficient (Wildman–Crippen LogP) is 6.89. The van der Waals surface area contributed by atoms with Crippen molar-refractivity contribution in [2.45, 2.75) is 38.8 Å². The fourth-order valence-electron chi connectivity index (χ4n) is 4.53. The van der Waals surface area contributed by atoms with E-state index in [4.69, 9.17) is 9.97 Å². The monoisotopic (exact) mass is 484 g/mol. The Labute approximate surface area is 205 Å². The zero-order valence-electron chi connectivity index (χ0n) is 18.7. The number of nitrogens with zero attached hydrogens (tertiary/aromatic N) is 6. The average Bonchev–Trinajstić information content (AvgIpc) is 3.67. The molecule has 0 aliphatic carbocycles. The summed E-state index contributed by atoms with van der Waals surface area (Å²) in [5.41, 5.74) is 10.1. The number of rotatable bonds is 9. The fourth-order valence-corrected chi connectivity index (χ4v) is 5.59. The van der Waals surface area contributed by atoms with Crippen LogP contribution >= 0.6 is 22.7 Å². The molecule has 0 N–H and O–H groups in total. The molecule has 34 heavy (non-hydrogen) atoms. The molecule has 0 aliphatic heterocycles. The summed E-state index contributed by atoms with van der Waals surface area (Å²) in [6.07, 6.45) is 4.56. The summed E-state index contributed by atoms with van der Waals surface area (Å²) < 4.78 is 4.65. The van der Waals surface area contributed by atoms with Crippen molar-refractivity contribution in [2.24, 2.45) is 0 Å². The van der Waals surface area contributed by atoms with Crippen LogP contribution < -0.4 is 0 Å². The molecule has 2 aromatic carbocycles. The normalized spacial score (nSPS) is 11.6. The van der Waals surface area contributed by atoms with Gasteiger partial charge in [0.2, 0.25) is 0 Å². The molecule has 6 aromatic rings. The predicted molar refractivity (Wildman–Crippen MR) is 140 cm³/mol. The van der Waals surface area contributed by atoms with Crippen molar-refractivity contribution in [3.63, 3.8) is 0 Å². The number of hydrogen-bond acceptors (Lipinski definition) is 6. The Kier molecular flexibility index (Phi) is 5.91. The number of aryl methyl sites for hydroxylation is 2. The molecule has 4 heterocycles. The van der Waals surface area contributed by atoms with E-state index >= 15 is 0 Å². The number of benzene rings is 2. The Bertz CT molecular complexity index is 1400. The minimum atomic E-state index is 0.950. The van der Waals surface area contributed by atoms with Crippen LogP contribution in [0, 0.1) is 0 Å². The summed E-state index contributed by atoms with van der Waals surface area (Å²) in [5, 5.41) is 4.15. The Morgan fingerprint density at radius 3 is 1.50 bits per heavy atom. The van der Waals surface area contributed by atoms with E-state index in [1.807, 2.05) is 23.2 Å². The van der Waals surface area contributed by atoms with Crippen LogP contribution in [0.2, 0.25) is 0 Å². The first-order chi connectivity index (χ1) is 16.9. The van der Waals surface area contributed by atoms with E-state index < -0.39 is 0 Å². The lowest BCUT2D eigenvalue weighted by Crippen LogP contribution is -2.03. The molecule has 4 aromatic heterocycles. The maximum absolute atomic E-state index is 4.86. The van der Waals surface area contributed by atoms with Gasteiger partial charge in [-0.25, -0.2) is 19.9 Å². The first-order valence-corrected chi connectivity index (χ1v) is 13.4. The van der Waals surface area contributed by atoms with Gasteiger partial charge in [-0.2, -0.15) is 0 Å². The molecule has 0 saturated heterocycles. The quantitative estimate of drug-likeness (QED) is 0.210. The van der Waals surface area contributed by atoms with Crippen LogP contribution in [0.5, 0.6) is 0 Å². The van der Waals surface area contributed by atoms with E-state index in [0.29, 0.717) is 0 Å². The van der Waals surface area contributed by atoms with Crippen molar-refractivity contribution >= 4 is 44.7 Å². The number of para-hydroxylation sites is 4. The third kappa shape index (κ3) is 4.03. The minimum Gasteiger partial charge on any atom is -0.323 e. The molecule has 0 bridgehead atoms. The third-order valence-electron chi connectivity index (χ3n) is 6.15. The van der Waals surface area contributed by atoms with Crippen LogP contribution in [-0.4, -0.2) is 29.1 Å². The van der Waals surface area contributed by atoms with Crippen molar-refractivity contribution in [1.29, 1.82) is 0 Å². The van der Waals surface area contributed by atoms with Gasteiger partial charge in [-0.15, -0.1) is 22.7 Å². The molecular weight excluding hydrogens is 460 g/mol. The van der Waals surface area contributed by atoms with Crippen molar-refractivity contribution in [3.8, 4) is 23.0 Å². The molecule has 0 unspecified atom stereocenters. The minimum absolute atomic E-state index is 0.950. The van der Waals surface area contributed by atoms with Crippen molar-refractivity contribution in [1.82, 2.24) is 29.1 Å². The van der Waals surface area contributed by atoms with Crippen molar-refractivity contribution in [2.75, 3.05) is 0 Å². The van der Waals surface area contributed by atoms with Crippen LogP contribution in [0.3, 0.4) is 0 Å². The SMILES string of the molecule is c1ccc2c(c1)nc(-c1cscn1)n2CCCCCCn1c(-c2cscn2)nc2ccccc21. The molecule has 0 radical (unpaired) electrons. The van der Waals surface area contributed by atoms with Crippen LogP contribution in [0.25, 0.3) is 45.1 Å². The number of hydrogen-bond donors (Lipinski definition) is 0. The summed E-state index contributed by atoms with van der Waals surface area (Å²) >= 11 is 3.22. The second-order valence-corrected chi connectivity index (χ2v) is 9.75. The van der Waals surface area contributed by atoms with E-state index in [0.717, 1.165) is 60.0 Å². The summed E-state index contributed by atoms with van der Waals surface area (Å²) in [5.74, 6) is 1.94. The lowest BCUT2D eigenvalue weighted by Gasteiger charge is -2.10. The maximum Gasteiger partial charge on any atom is 0.160 e. The molecule has 0 spiro atoms. The first-order valence-electron chi connectivity index (χ1n) is 11.6. The molecule has 0 atom stereocenters. The molecule has 0 saturated carbocycles. The Morgan fingerprint density at radius 2 is 1.06 bits per heavy atom. The summed E-state index contributed by atoms with van der Waals surface area (Å²) in [6.45, 7) is 1.90. The zero-order chi connectivity index (χ0) is 22.7. The van der Waals surface area contributed by atoms with Gasteiger partial charge in [0.25, 0.3) is 0 Å². The van der Waals surface area contributed by atoms with E-state index in [1.54, 1.807) is 22.7 Å². The van der Waals surface area contributed by atoms with Gasteiger partial charge in [0.15, 0.2) is 11.6 Å². The second-order valence-electron chi connectivity index (χ2n) is 8.31. The number of aromatic nitrogens is 6. The molecular formula is C26H24N6S2. The van der Waals surface area contributed by atoms with Gasteiger partial charge in [-0.1, -0.05) is 37.1 Å². The second kappa shape index (κ2) is 9.48. The van der Waals surface area contributed by atoms with E-state index in [9.17, 15) is 0 Å². The van der Waals surface area contributed by atoms with Gasteiger partial charge in [0.05, 0.1) is 33.1 Å². The molecule has 0 amide bonds. The van der Waals surface area contributed by atoms with Crippen LogP contribution in [-0.2, 0) is 13.1 Å². The Morgan fingerprint density at radius 1 is 0.588 bits per heavy atom. The van der Waals surface area contributed by atoms with E-state index in [-0.39, 0.29) is 0 Å². The van der Waals surface area contributed by atoms with Gasteiger partial charge in [-0.05, 0) is 37.1 Å². The van der Waals surface area contributed by atoms with Gasteiger partial charge >= 0.3 is 0 Å². The van der Waals surface area contributed by atoms with Gasteiger partial charge < -0.3 is 9.13 Å². The Hall–Kier alpha value is -3.36. The summed E-state index contributed by atoms with van der Waals surface area (Å²) in [6, 6.07) is 16.7. The molecule has 6 nitrogen and oxygen atoms in total. The first kappa shape index (κ1) is 21.2. The van der Waals surface area contributed by atoms with Crippen LogP contribution in [0.1, 0.15) is 25.7 Å². The van der Waals surface area contributed by atoms with Crippen LogP contribution in [0.4, 0.5) is 0 Å². The topological polar surface area (TPSA) is 61.4 Å². The highest BCUT2D eigenvalue weighted by Gasteiger charge is 2.15. The van der Waals surface area contributed by atoms with E-state index in [1.165, 1.54) is 23.9 Å². The summed E-state index contributed by atoms with van der Waals surface area (Å²) in [4.78, 5) is 18.7. The standard InChI is InChI=1S/C26H24N6S2/c1(7-13-31-23-11-5-3-9-19(23)29-25(31)21-15-33-17-27-21)2-8-14-32-24-12-6-4-10-20(24)30-26(32)22-16-34-18-28-22/h3-6,9-12,15-18H,1-2,7-8,13-14H2. The zero-order valence-corrected chi connectivity index (χ0v) is 20.3. The number of fused-ring (bicyclic) bond motifs is 2. The number of imidazole rings is 2. The van der Waals surface area contributed by atoms with Crippen LogP contribution in [0.15, 0.2) is 70.3 Å². The van der Waals surface area contributed by atoms with E-state index in [2.05, 4.69) is 66.3 Å². The lowest BCUT2D eigenvalue weighted by molar-refractivity contribution is 0.551. The largest absolute Gasteiger partial charge is 0.323 e. The van der Waals surface area contributed by atoms with Gasteiger partial charge in [0.1, 0.15) is 11.4 Å². The summed E-state index contributed by atoms with van der Waals surface area (Å²) in [7, 11) is 0. The third-order valence-corrected chi connectivity index (χ3v) is 7.32. The smallest absolute Gasteiger partial charge is 0.160 e. The van der Waals surface area contributed by atoms with Gasteiger partial charge in [0, 0.05) is 23.8 Å². The van der Waals surface area contributed by atoms with Crippen molar-refractivity contribution in [3.05, 3.63) is 70.3 Å². The van der Waals surface area contributed by atoms with Crippen molar-refractivity contribution < 1.29 is 0 Å². The number of thiazole rings is 2. The molecule has 0 fully saturated rings. The molecule has 6 rings (SSSR count). The highest BCUT2D eigenvalue weighted by atomic mass is 32.1. The van der Waals surface area contributed by atoms with Gasteiger partial charge in [-0.3, -0.25) is 0 Å². The molecule has 0 aliphatic rings. The Balaban J connectivity index is 1.12. The molecule has 170 valence electrons. The maximum atomic E-state index is 4.86. The lowest BCUT2D eigenvalue weighted by atomic mass is 10.2.